The van der Waals surface area contributed by atoms with Gasteiger partial charge in [-0.2, -0.15) is 0 Å². The van der Waals surface area contributed by atoms with Crippen molar-refractivity contribution < 1.29 is 14.0 Å². The van der Waals surface area contributed by atoms with Crippen molar-refractivity contribution >= 4 is 11.9 Å². The van der Waals surface area contributed by atoms with Crippen LogP contribution in [0.15, 0.2) is 24.3 Å². The van der Waals surface area contributed by atoms with Crippen molar-refractivity contribution in [1.82, 2.24) is 10.2 Å². The summed E-state index contributed by atoms with van der Waals surface area (Å²) < 4.78 is 13.0. The number of imide groups is 1. The van der Waals surface area contributed by atoms with Gasteiger partial charge in [0.15, 0.2) is 0 Å². The average Bonchev–Trinajstić information content (AvgIpc) is 2.99. The van der Waals surface area contributed by atoms with Gasteiger partial charge in [0.2, 0.25) is 0 Å². The average molecular weight is 276 g/mol. The summed E-state index contributed by atoms with van der Waals surface area (Å²) in [6.07, 6.45) is 3.85. The van der Waals surface area contributed by atoms with E-state index in [0.717, 1.165) is 25.7 Å². The number of carbonyl (C=O) groups is 2. The molecule has 3 amide bonds. The highest BCUT2D eigenvalue weighted by molar-refractivity contribution is 6.07. The molecular weight excluding hydrogens is 259 g/mol. The zero-order valence-corrected chi connectivity index (χ0v) is 11.4. The number of carbonyl (C=O) groups excluding carboxylic acids is 2. The van der Waals surface area contributed by atoms with Crippen LogP contribution in [0, 0.1) is 5.82 Å². The van der Waals surface area contributed by atoms with E-state index >= 15 is 0 Å². The van der Waals surface area contributed by atoms with Gasteiger partial charge in [0, 0.05) is 6.04 Å². The molecule has 1 aliphatic carbocycles. The first-order valence-corrected chi connectivity index (χ1v) is 6.94. The van der Waals surface area contributed by atoms with Crippen LogP contribution in [0.2, 0.25) is 0 Å². The lowest BCUT2D eigenvalue weighted by Gasteiger charge is -2.24. The number of nitrogens with zero attached hydrogens (tertiary/aromatic N) is 1. The van der Waals surface area contributed by atoms with Crippen LogP contribution in [0.1, 0.15) is 38.2 Å². The number of urea groups is 1. The Labute approximate surface area is 117 Å². The van der Waals surface area contributed by atoms with Crippen molar-refractivity contribution in [2.75, 3.05) is 0 Å². The van der Waals surface area contributed by atoms with Gasteiger partial charge in [-0.15, -0.1) is 0 Å². The minimum atomic E-state index is -1.09. The molecule has 0 bridgehead atoms. The third kappa shape index (κ3) is 1.88. The molecule has 4 nitrogen and oxygen atoms in total. The van der Waals surface area contributed by atoms with Crippen molar-refractivity contribution in [2.24, 2.45) is 0 Å². The number of halogens is 1. The van der Waals surface area contributed by atoms with Gasteiger partial charge in [0.1, 0.15) is 11.4 Å². The van der Waals surface area contributed by atoms with E-state index in [0.29, 0.717) is 5.56 Å². The molecule has 1 aromatic carbocycles. The lowest BCUT2D eigenvalue weighted by molar-refractivity contribution is -0.132. The Kier molecular flexibility index (Phi) is 3.00. The maximum atomic E-state index is 13.0. The van der Waals surface area contributed by atoms with Gasteiger partial charge >= 0.3 is 6.03 Å². The Morgan fingerprint density at radius 1 is 1.20 bits per heavy atom. The van der Waals surface area contributed by atoms with E-state index in [4.69, 9.17) is 0 Å². The Hall–Kier alpha value is -1.91. The second kappa shape index (κ2) is 4.58. The van der Waals surface area contributed by atoms with Crippen LogP contribution < -0.4 is 5.32 Å². The summed E-state index contributed by atoms with van der Waals surface area (Å²) in [5.74, 6) is -0.595. The van der Waals surface area contributed by atoms with Crippen LogP contribution >= 0.6 is 0 Å². The minimum Gasteiger partial charge on any atom is -0.319 e. The molecule has 2 fully saturated rings. The number of hydrogen-bond acceptors (Lipinski definition) is 2. The van der Waals surface area contributed by atoms with E-state index in [1.54, 1.807) is 19.1 Å². The fourth-order valence-corrected chi connectivity index (χ4v) is 3.13. The van der Waals surface area contributed by atoms with Crippen LogP contribution in [0.3, 0.4) is 0 Å². The molecular formula is C15H17FN2O2. The molecule has 1 unspecified atom stereocenters. The highest BCUT2D eigenvalue weighted by Crippen LogP contribution is 2.34. The molecule has 1 saturated heterocycles. The minimum absolute atomic E-state index is 0.00442. The third-order valence-corrected chi connectivity index (χ3v) is 4.33. The first-order valence-electron chi connectivity index (χ1n) is 6.94. The Morgan fingerprint density at radius 2 is 1.80 bits per heavy atom. The number of amides is 3. The molecule has 1 N–H and O–H groups in total. The molecule has 3 rings (SSSR count). The van der Waals surface area contributed by atoms with Gasteiger partial charge in [-0.05, 0) is 37.5 Å². The van der Waals surface area contributed by atoms with E-state index in [-0.39, 0.29) is 23.8 Å². The van der Waals surface area contributed by atoms with Crippen LogP contribution in [0.5, 0.6) is 0 Å². The normalized spacial score (nSPS) is 27.2. The van der Waals surface area contributed by atoms with Crippen molar-refractivity contribution in [3.63, 3.8) is 0 Å². The molecule has 20 heavy (non-hydrogen) atoms. The Morgan fingerprint density at radius 3 is 2.40 bits per heavy atom. The van der Waals surface area contributed by atoms with Gasteiger partial charge in [-0.3, -0.25) is 9.69 Å². The van der Waals surface area contributed by atoms with Gasteiger partial charge in [0.25, 0.3) is 5.91 Å². The maximum Gasteiger partial charge on any atom is 0.325 e. The smallest absolute Gasteiger partial charge is 0.319 e. The van der Waals surface area contributed by atoms with E-state index in [2.05, 4.69) is 5.32 Å². The van der Waals surface area contributed by atoms with Crippen molar-refractivity contribution in [3.8, 4) is 0 Å². The van der Waals surface area contributed by atoms with E-state index < -0.39 is 5.54 Å². The summed E-state index contributed by atoms with van der Waals surface area (Å²) in [5.41, 5.74) is -0.481. The summed E-state index contributed by atoms with van der Waals surface area (Å²) in [4.78, 5) is 26.2. The number of benzene rings is 1. The lowest BCUT2D eigenvalue weighted by atomic mass is 9.92. The number of rotatable bonds is 2. The van der Waals surface area contributed by atoms with E-state index in [9.17, 15) is 14.0 Å². The lowest BCUT2D eigenvalue weighted by Crippen LogP contribution is -2.42. The number of nitrogens with one attached hydrogen (secondary N) is 1. The van der Waals surface area contributed by atoms with Crippen LogP contribution in [0.25, 0.3) is 0 Å². The highest BCUT2D eigenvalue weighted by Gasteiger charge is 2.51. The second-order valence-electron chi connectivity index (χ2n) is 5.68. The van der Waals surface area contributed by atoms with Gasteiger partial charge in [0.05, 0.1) is 0 Å². The highest BCUT2D eigenvalue weighted by atomic mass is 19.1. The predicted octanol–water partition coefficient (Wildman–Crippen LogP) is 2.54. The molecule has 0 radical (unpaired) electrons. The topological polar surface area (TPSA) is 49.4 Å². The third-order valence-electron chi connectivity index (χ3n) is 4.33. The molecule has 1 aromatic rings. The summed E-state index contributed by atoms with van der Waals surface area (Å²) >= 11 is 0. The second-order valence-corrected chi connectivity index (χ2v) is 5.68. The fraction of sp³-hybridized carbons (Fsp3) is 0.467. The zero-order chi connectivity index (χ0) is 14.3. The quantitative estimate of drug-likeness (QED) is 0.844. The maximum absolute atomic E-state index is 13.0. The summed E-state index contributed by atoms with van der Waals surface area (Å²) in [5, 5.41) is 2.76. The fourth-order valence-electron chi connectivity index (χ4n) is 3.13. The number of hydrogen-bond donors (Lipinski definition) is 1. The standard InChI is InChI=1S/C15H17FN2O2/c1-15(10-6-8-11(16)9-7-10)13(19)18(14(20)17-15)12-4-2-3-5-12/h6-9,12H,2-5H2,1H3,(H,17,20). The Balaban J connectivity index is 1.93. The summed E-state index contributed by atoms with van der Waals surface area (Å²) in [6.45, 7) is 1.68. The monoisotopic (exact) mass is 276 g/mol. The zero-order valence-electron chi connectivity index (χ0n) is 11.4. The molecule has 2 aliphatic rings. The molecule has 0 spiro atoms. The first-order chi connectivity index (χ1) is 9.52. The Bertz CT molecular complexity index is 551. The summed E-state index contributed by atoms with van der Waals surface area (Å²) in [7, 11) is 0. The molecule has 1 aliphatic heterocycles. The van der Waals surface area contributed by atoms with E-state index in [1.165, 1.54) is 17.0 Å². The van der Waals surface area contributed by atoms with Gasteiger partial charge < -0.3 is 5.32 Å². The first kappa shape index (κ1) is 13.1. The van der Waals surface area contributed by atoms with Crippen molar-refractivity contribution in [2.45, 2.75) is 44.2 Å². The van der Waals surface area contributed by atoms with Crippen LogP contribution in [-0.4, -0.2) is 22.9 Å². The van der Waals surface area contributed by atoms with E-state index in [1.807, 2.05) is 0 Å². The molecule has 106 valence electrons. The van der Waals surface area contributed by atoms with Gasteiger partial charge in [-0.1, -0.05) is 25.0 Å². The SMILES string of the molecule is CC1(c2ccc(F)cc2)NC(=O)N(C2CCCC2)C1=O. The molecule has 1 saturated carbocycles. The molecule has 1 atom stereocenters. The molecule has 1 heterocycles. The van der Waals surface area contributed by atoms with Crippen molar-refractivity contribution in [3.05, 3.63) is 35.6 Å². The summed E-state index contributed by atoms with van der Waals surface area (Å²) in [6, 6.07) is 5.37. The largest absolute Gasteiger partial charge is 0.325 e. The molecule has 5 heteroatoms. The molecule has 0 aromatic heterocycles. The van der Waals surface area contributed by atoms with Crippen LogP contribution in [0.4, 0.5) is 9.18 Å². The van der Waals surface area contributed by atoms with Crippen molar-refractivity contribution in [1.29, 1.82) is 0 Å². The van der Waals surface area contributed by atoms with Gasteiger partial charge in [-0.25, -0.2) is 9.18 Å². The predicted molar refractivity (Wildman–Crippen MR) is 71.4 cm³/mol. The van der Waals surface area contributed by atoms with Crippen LogP contribution in [-0.2, 0) is 10.3 Å².